The highest BCUT2D eigenvalue weighted by Crippen LogP contribution is 2.36. The van der Waals surface area contributed by atoms with Gasteiger partial charge in [0.05, 0.1) is 19.2 Å². The Morgan fingerprint density at radius 2 is 2.05 bits per heavy atom. The molecule has 1 rings (SSSR count). The summed E-state index contributed by atoms with van der Waals surface area (Å²) in [6.45, 7) is 4.06. The fraction of sp³-hybridized carbons (Fsp3) is 0.438. The molecule has 21 heavy (non-hydrogen) atoms. The van der Waals surface area contributed by atoms with Gasteiger partial charge in [-0.1, -0.05) is 18.5 Å². The van der Waals surface area contributed by atoms with Crippen LogP contribution in [0.4, 0.5) is 0 Å². The Labute approximate surface area is 131 Å². The fourth-order valence-electron chi connectivity index (χ4n) is 1.81. The molecule has 0 radical (unpaired) electrons. The predicted molar refractivity (Wildman–Crippen MR) is 86.1 cm³/mol. The van der Waals surface area contributed by atoms with E-state index in [1.54, 1.807) is 37.3 Å². The van der Waals surface area contributed by atoms with E-state index in [9.17, 15) is 4.79 Å². The van der Waals surface area contributed by atoms with Gasteiger partial charge in [0.15, 0.2) is 11.5 Å². The lowest BCUT2D eigenvalue weighted by Crippen LogP contribution is -2.33. The van der Waals surface area contributed by atoms with Gasteiger partial charge in [0.1, 0.15) is 0 Å². The van der Waals surface area contributed by atoms with Crippen LogP contribution in [0.3, 0.4) is 0 Å². The van der Waals surface area contributed by atoms with Crippen molar-refractivity contribution in [2.24, 2.45) is 0 Å². The molecule has 116 valence electrons. The van der Waals surface area contributed by atoms with Crippen molar-refractivity contribution in [3.8, 4) is 11.5 Å². The zero-order valence-electron chi connectivity index (χ0n) is 13.1. The van der Waals surface area contributed by atoms with Crippen LogP contribution in [-0.4, -0.2) is 38.1 Å². The van der Waals surface area contributed by atoms with Gasteiger partial charge >= 0.3 is 0 Å². The second-order valence-corrected chi connectivity index (χ2v) is 5.19. The molecule has 0 fully saturated rings. The molecule has 1 amide bonds. The molecule has 1 atom stereocenters. The van der Waals surface area contributed by atoms with Gasteiger partial charge in [-0.05, 0) is 37.1 Å². The summed E-state index contributed by atoms with van der Waals surface area (Å²) in [5, 5.41) is 0.444. The van der Waals surface area contributed by atoms with Crippen LogP contribution in [0.15, 0.2) is 18.2 Å². The first kappa shape index (κ1) is 17.4. The molecule has 5 heteroatoms. The summed E-state index contributed by atoms with van der Waals surface area (Å²) in [7, 11) is 4.87. The lowest BCUT2D eigenvalue weighted by Gasteiger charge is -2.22. The van der Waals surface area contributed by atoms with Crippen LogP contribution < -0.4 is 9.47 Å². The van der Waals surface area contributed by atoms with E-state index in [4.69, 9.17) is 21.1 Å². The third-order valence-corrected chi connectivity index (χ3v) is 3.75. The molecule has 0 aliphatic carbocycles. The van der Waals surface area contributed by atoms with Gasteiger partial charge in [-0.25, -0.2) is 0 Å². The Morgan fingerprint density at radius 1 is 1.38 bits per heavy atom. The van der Waals surface area contributed by atoms with Crippen molar-refractivity contribution in [1.82, 2.24) is 4.90 Å². The molecule has 0 unspecified atom stereocenters. The number of ether oxygens (including phenoxy) is 2. The van der Waals surface area contributed by atoms with E-state index in [0.29, 0.717) is 16.5 Å². The van der Waals surface area contributed by atoms with Crippen LogP contribution in [0.1, 0.15) is 25.8 Å². The molecule has 1 aromatic carbocycles. The van der Waals surface area contributed by atoms with Gasteiger partial charge in [0, 0.05) is 19.2 Å². The lowest BCUT2D eigenvalue weighted by molar-refractivity contribution is -0.126. The summed E-state index contributed by atoms with van der Waals surface area (Å²) in [6.07, 6.45) is 4.16. The molecule has 0 spiro atoms. The smallest absolute Gasteiger partial charge is 0.246 e. The van der Waals surface area contributed by atoms with Crippen molar-refractivity contribution in [1.29, 1.82) is 0 Å². The van der Waals surface area contributed by atoms with Gasteiger partial charge in [-0.15, -0.1) is 0 Å². The molecule has 4 nitrogen and oxygen atoms in total. The normalized spacial score (nSPS) is 12.3. The van der Waals surface area contributed by atoms with E-state index in [-0.39, 0.29) is 11.9 Å². The summed E-state index contributed by atoms with van der Waals surface area (Å²) < 4.78 is 10.4. The second kappa shape index (κ2) is 7.93. The summed E-state index contributed by atoms with van der Waals surface area (Å²) in [5.41, 5.74) is 0.781. The average molecular weight is 312 g/mol. The summed E-state index contributed by atoms with van der Waals surface area (Å²) in [4.78, 5) is 13.7. The molecule has 0 aliphatic heterocycles. The Balaban J connectivity index is 2.95. The standard InChI is InChI=1S/C16H22ClNO3/c1-6-11(2)18(3)15(19)8-7-12-9-13(17)16(21-5)14(10-12)20-4/h7-11H,6H2,1-5H3/b8-7+/t11-/m1/s1. The van der Waals surface area contributed by atoms with Gasteiger partial charge in [-0.3, -0.25) is 4.79 Å². The topological polar surface area (TPSA) is 38.8 Å². The first-order valence-electron chi connectivity index (χ1n) is 6.80. The first-order valence-corrected chi connectivity index (χ1v) is 7.18. The molecule has 0 saturated carbocycles. The van der Waals surface area contributed by atoms with Crippen molar-refractivity contribution in [2.75, 3.05) is 21.3 Å². The average Bonchev–Trinajstić information content (AvgIpc) is 2.50. The highest BCUT2D eigenvalue weighted by atomic mass is 35.5. The quantitative estimate of drug-likeness (QED) is 0.753. The maximum atomic E-state index is 12.0. The van der Waals surface area contributed by atoms with E-state index in [0.717, 1.165) is 12.0 Å². The summed E-state index contributed by atoms with van der Waals surface area (Å²) in [6, 6.07) is 3.71. The zero-order valence-corrected chi connectivity index (χ0v) is 13.9. The van der Waals surface area contributed by atoms with Crippen molar-refractivity contribution >= 4 is 23.6 Å². The summed E-state index contributed by atoms with van der Waals surface area (Å²) in [5.74, 6) is 0.974. The number of nitrogens with zero attached hydrogens (tertiary/aromatic N) is 1. The third kappa shape index (κ3) is 4.39. The molecule has 0 aromatic heterocycles. The third-order valence-electron chi connectivity index (χ3n) is 3.47. The largest absolute Gasteiger partial charge is 0.493 e. The van der Waals surface area contributed by atoms with Crippen molar-refractivity contribution in [2.45, 2.75) is 26.3 Å². The van der Waals surface area contributed by atoms with Gasteiger partial charge in [-0.2, -0.15) is 0 Å². The number of halogens is 1. The van der Waals surface area contributed by atoms with Gasteiger partial charge in [0.25, 0.3) is 0 Å². The zero-order chi connectivity index (χ0) is 16.0. The van der Waals surface area contributed by atoms with Crippen molar-refractivity contribution < 1.29 is 14.3 Å². The second-order valence-electron chi connectivity index (χ2n) is 4.78. The Hall–Kier alpha value is -1.68. The van der Waals surface area contributed by atoms with E-state index < -0.39 is 0 Å². The van der Waals surface area contributed by atoms with Crippen molar-refractivity contribution in [3.05, 3.63) is 28.8 Å². The molecule has 0 saturated heterocycles. The monoisotopic (exact) mass is 311 g/mol. The maximum Gasteiger partial charge on any atom is 0.246 e. The van der Waals surface area contributed by atoms with Crippen molar-refractivity contribution in [3.63, 3.8) is 0 Å². The molecular weight excluding hydrogens is 290 g/mol. The van der Waals surface area contributed by atoms with E-state index >= 15 is 0 Å². The van der Waals surface area contributed by atoms with Crippen LogP contribution in [-0.2, 0) is 4.79 Å². The van der Waals surface area contributed by atoms with E-state index in [1.807, 2.05) is 13.8 Å². The number of rotatable bonds is 6. The molecule has 0 N–H and O–H groups in total. The SMILES string of the molecule is CC[C@@H](C)N(C)C(=O)/C=C/c1cc(Cl)c(OC)c(OC)c1. The Morgan fingerprint density at radius 3 is 2.57 bits per heavy atom. The number of hydrogen-bond acceptors (Lipinski definition) is 3. The highest BCUT2D eigenvalue weighted by molar-refractivity contribution is 6.32. The first-order chi connectivity index (χ1) is 9.94. The number of hydrogen-bond donors (Lipinski definition) is 0. The minimum atomic E-state index is -0.0461. The van der Waals surface area contributed by atoms with Crippen LogP contribution in [0.2, 0.25) is 5.02 Å². The highest BCUT2D eigenvalue weighted by Gasteiger charge is 2.12. The van der Waals surface area contributed by atoms with Crippen LogP contribution >= 0.6 is 11.6 Å². The Kier molecular flexibility index (Phi) is 6.56. The number of carbonyl (C=O) groups excluding carboxylic acids is 1. The number of amides is 1. The van der Waals surface area contributed by atoms with Gasteiger partial charge in [0.2, 0.25) is 5.91 Å². The van der Waals surface area contributed by atoms with Crippen LogP contribution in [0.5, 0.6) is 11.5 Å². The van der Waals surface area contributed by atoms with E-state index in [1.165, 1.54) is 13.2 Å². The lowest BCUT2D eigenvalue weighted by atomic mass is 10.1. The number of methoxy groups -OCH3 is 2. The van der Waals surface area contributed by atoms with Crippen LogP contribution in [0, 0.1) is 0 Å². The molecule has 0 bridgehead atoms. The molecule has 1 aromatic rings. The van der Waals surface area contributed by atoms with Gasteiger partial charge < -0.3 is 14.4 Å². The molecule has 0 heterocycles. The van der Waals surface area contributed by atoms with E-state index in [2.05, 4.69) is 0 Å². The number of carbonyl (C=O) groups is 1. The summed E-state index contributed by atoms with van der Waals surface area (Å²) >= 11 is 6.13. The minimum Gasteiger partial charge on any atom is -0.493 e. The maximum absolute atomic E-state index is 12.0. The number of benzene rings is 1. The minimum absolute atomic E-state index is 0.0461. The predicted octanol–water partition coefficient (Wildman–Crippen LogP) is 3.63. The Bertz CT molecular complexity index is 528. The molecule has 0 aliphatic rings. The fourth-order valence-corrected chi connectivity index (χ4v) is 2.11. The van der Waals surface area contributed by atoms with Crippen LogP contribution in [0.25, 0.3) is 6.08 Å². The number of likely N-dealkylation sites (N-methyl/N-ethyl adjacent to an activating group) is 1. The molecular formula is C16H22ClNO3.